The highest BCUT2D eigenvalue weighted by Crippen LogP contribution is 2.23. The summed E-state index contributed by atoms with van der Waals surface area (Å²) in [4.78, 5) is 12.6. The number of methoxy groups -OCH3 is 2. The van der Waals surface area contributed by atoms with Gasteiger partial charge in [-0.25, -0.2) is 9.48 Å². The molecule has 0 amide bonds. The van der Waals surface area contributed by atoms with Gasteiger partial charge >= 0.3 is 5.97 Å². The molecule has 0 spiro atoms. The number of aromatic nitrogens is 2. The maximum Gasteiger partial charge on any atom is 0.348 e. The smallest absolute Gasteiger partial charge is 0.348 e. The van der Waals surface area contributed by atoms with E-state index < -0.39 is 5.97 Å². The number of esters is 1. The van der Waals surface area contributed by atoms with Crippen LogP contribution in [-0.4, -0.2) is 30.0 Å². The van der Waals surface area contributed by atoms with Crippen molar-refractivity contribution < 1.29 is 19.0 Å². The third kappa shape index (κ3) is 3.70. The number of hydrogen-bond donors (Lipinski definition) is 0. The first-order valence-corrected chi connectivity index (χ1v) is 7.71. The van der Waals surface area contributed by atoms with Gasteiger partial charge in [-0.1, -0.05) is 30.3 Å². The summed E-state index contributed by atoms with van der Waals surface area (Å²) in [5.41, 5.74) is 1.79. The second-order valence-corrected chi connectivity index (χ2v) is 5.24. The van der Waals surface area contributed by atoms with E-state index in [0.717, 1.165) is 5.69 Å². The Morgan fingerprint density at radius 2 is 1.76 bits per heavy atom. The van der Waals surface area contributed by atoms with Crippen molar-refractivity contribution in [2.75, 3.05) is 14.2 Å². The van der Waals surface area contributed by atoms with Crippen LogP contribution in [0.15, 0.2) is 60.7 Å². The van der Waals surface area contributed by atoms with Crippen LogP contribution in [0.25, 0.3) is 5.69 Å². The number of carbonyl (C=O) groups is 1. The molecular formula is C19H18N2O4. The lowest BCUT2D eigenvalue weighted by atomic mass is 10.2. The van der Waals surface area contributed by atoms with Crippen LogP contribution < -0.4 is 9.47 Å². The van der Waals surface area contributed by atoms with Crippen LogP contribution in [0.1, 0.15) is 16.1 Å². The van der Waals surface area contributed by atoms with Crippen LogP contribution in [-0.2, 0) is 11.3 Å². The molecule has 0 radical (unpaired) electrons. The largest absolute Gasteiger partial charge is 0.496 e. The van der Waals surface area contributed by atoms with Gasteiger partial charge in [-0.2, -0.15) is 5.10 Å². The average Bonchev–Trinajstić information content (AvgIpc) is 3.05. The molecule has 3 rings (SSSR count). The van der Waals surface area contributed by atoms with Crippen molar-refractivity contribution in [2.45, 2.75) is 6.61 Å². The molecule has 2 aromatic carbocycles. The summed E-state index contributed by atoms with van der Waals surface area (Å²) in [6.07, 6.45) is 0. The Bertz CT molecular complexity index is 859. The molecule has 25 heavy (non-hydrogen) atoms. The van der Waals surface area contributed by atoms with E-state index in [4.69, 9.17) is 14.2 Å². The van der Waals surface area contributed by atoms with Gasteiger partial charge in [0.15, 0.2) is 0 Å². The summed E-state index contributed by atoms with van der Waals surface area (Å²) in [7, 11) is 3.10. The topological polar surface area (TPSA) is 62.6 Å². The number of para-hydroxylation sites is 2. The Morgan fingerprint density at radius 1 is 1.04 bits per heavy atom. The van der Waals surface area contributed by atoms with Gasteiger partial charge in [-0.05, 0) is 24.3 Å². The first-order valence-electron chi connectivity index (χ1n) is 7.71. The van der Waals surface area contributed by atoms with Gasteiger partial charge in [0.05, 0.1) is 25.1 Å². The van der Waals surface area contributed by atoms with Gasteiger partial charge < -0.3 is 14.2 Å². The minimum absolute atomic E-state index is 0.314. The van der Waals surface area contributed by atoms with E-state index in [2.05, 4.69) is 5.10 Å². The van der Waals surface area contributed by atoms with Crippen LogP contribution in [0.5, 0.6) is 11.6 Å². The molecule has 1 heterocycles. The molecule has 6 nitrogen and oxygen atoms in total. The van der Waals surface area contributed by atoms with Gasteiger partial charge in [-0.3, -0.25) is 0 Å². The van der Waals surface area contributed by atoms with E-state index in [1.54, 1.807) is 42.1 Å². The normalized spacial score (nSPS) is 10.5. The summed E-state index contributed by atoms with van der Waals surface area (Å²) in [5.74, 6) is 0.253. The molecule has 0 atom stereocenters. The van der Waals surface area contributed by atoms with Crippen molar-refractivity contribution in [3.8, 4) is 17.3 Å². The summed E-state index contributed by atoms with van der Waals surface area (Å²) in [6.45, 7) is 0.318. The minimum Gasteiger partial charge on any atom is -0.496 e. The number of ether oxygens (including phenoxy) is 3. The Kier molecular flexibility index (Phi) is 5.11. The Hall–Kier alpha value is -3.12. The molecule has 0 aliphatic rings. The molecule has 0 aliphatic carbocycles. The molecule has 0 bridgehead atoms. The van der Waals surface area contributed by atoms with Crippen LogP contribution in [0.4, 0.5) is 0 Å². The Labute approximate surface area is 145 Å². The van der Waals surface area contributed by atoms with Crippen LogP contribution >= 0.6 is 0 Å². The molecule has 0 N–H and O–H groups in total. The van der Waals surface area contributed by atoms with Gasteiger partial charge in [-0.15, -0.1) is 0 Å². The molecule has 0 unspecified atom stereocenters. The maximum absolute atomic E-state index is 12.6. The zero-order valence-electron chi connectivity index (χ0n) is 14.0. The number of nitrogens with zero attached hydrogens (tertiary/aromatic N) is 2. The van der Waals surface area contributed by atoms with Crippen molar-refractivity contribution in [3.05, 3.63) is 71.9 Å². The fourth-order valence-corrected chi connectivity index (χ4v) is 2.42. The molecular weight excluding hydrogens is 320 g/mol. The van der Waals surface area contributed by atoms with Gasteiger partial charge in [0.2, 0.25) is 5.88 Å². The molecule has 128 valence electrons. The first kappa shape index (κ1) is 16.7. The van der Waals surface area contributed by atoms with Crippen LogP contribution in [0.3, 0.4) is 0 Å². The van der Waals surface area contributed by atoms with E-state index in [1.165, 1.54) is 7.11 Å². The standard InChI is InChI=1S/C19H18N2O4/c1-23-13-14-12-18(21(20-14)15-8-4-3-5-9-15)25-19(22)16-10-6-7-11-17(16)24-2/h3-12H,13H2,1-2H3. The maximum atomic E-state index is 12.6. The predicted octanol–water partition coefficient (Wildman–Crippen LogP) is 3.25. The Balaban J connectivity index is 1.95. The third-order valence-electron chi connectivity index (χ3n) is 3.54. The van der Waals surface area contributed by atoms with E-state index >= 15 is 0 Å². The molecule has 0 aliphatic heterocycles. The molecule has 6 heteroatoms. The van der Waals surface area contributed by atoms with Gasteiger partial charge in [0.1, 0.15) is 11.3 Å². The molecule has 1 aromatic heterocycles. The highest BCUT2D eigenvalue weighted by atomic mass is 16.5. The lowest BCUT2D eigenvalue weighted by molar-refractivity contribution is 0.0719. The van der Waals surface area contributed by atoms with Gasteiger partial charge in [0, 0.05) is 13.2 Å². The zero-order valence-corrected chi connectivity index (χ0v) is 14.0. The lowest BCUT2D eigenvalue weighted by Gasteiger charge is -2.09. The zero-order chi connectivity index (χ0) is 17.6. The number of benzene rings is 2. The average molecular weight is 338 g/mol. The number of rotatable bonds is 6. The Morgan fingerprint density at radius 3 is 2.48 bits per heavy atom. The SMILES string of the molecule is COCc1cc(OC(=O)c2ccccc2OC)n(-c2ccccc2)n1. The fourth-order valence-electron chi connectivity index (χ4n) is 2.42. The number of carbonyl (C=O) groups excluding carboxylic acids is 1. The second kappa shape index (κ2) is 7.63. The summed E-state index contributed by atoms with van der Waals surface area (Å²) >= 11 is 0. The summed E-state index contributed by atoms with van der Waals surface area (Å²) in [6, 6.07) is 18.0. The molecule has 0 saturated carbocycles. The van der Waals surface area contributed by atoms with Crippen molar-refractivity contribution >= 4 is 5.97 Å². The third-order valence-corrected chi connectivity index (χ3v) is 3.54. The van der Waals surface area contributed by atoms with Gasteiger partial charge in [0.25, 0.3) is 0 Å². The minimum atomic E-state index is -0.515. The van der Waals surface area contributed by atoms with E-state index in [9.17, 15) is 4.79 Å². The van der Waals surface area contributed by atoms with Crippen LogP contribution in [0.2, 0.25) is 0 Å². The number of hydrogen-bond acceptors (Lipinski definition) is 5. The first-order chi connectivity index (χ1) is 12.2. The van der Waals surface area contributed by atoms with Crippen LogP contribution in [0, 0.1) is 0 Å². The highest BCUT2D eigenvalue weighted by molar-refractivity contribution is 5.93. The highest BCUT2D eigenvalue weighted by Gasteiger charge is 2.18. The molecule has 0 saturated heterocycles. The summed E-state index contributed by atoms with van der Waals surface area (Å²) in [5, 5.41) is 4.44. The fraction of sp³-hybridized carbons (Fsp3) is 0.158. The van der Waals surface area contributed by atoms with E-state index in [1.807, 2.05) is 30.3 Å². The van der Waals surface area contributed by atoms with Crippen molar-refractivity contribution in [3.63, 3.8) is 0 Å². The van der Waals surface area contributed by atoms with E-state index in [0.29, 0.717) is 29.5 Å². The summed E-state index contributed by atoms with van der Waals surface area (Å²) < 4.78 is 17.5. The molecule has 0 fully saturated rings. The predicted molar refractivity (Wildman–Crippen MR) is 92.2 cm³/mol. The van der Waals surface area contributed by atoms with E-state index in [-0.39, 0.29) is 0 Å². The van der Waals surface area contributed by atoms with Crippen molar-refractivity contribution in [1.82, 2.24) is 9.78 Å². The quantitative estimate of drug-likeness (QED) is 0.646. The molecule has 3 aromatic rings. The second-order valence-electron chi connectivity index (χ2n) is 5.24. The van der Waals surface area contributed by atoms with Crippen molar-refractivity contribution in [1.29, 1.82) is 0 Å². The van der Waals surface area contributed by atoms with Crippen molar-refractivity contribution in [2.24, 2.45) is 0 Å². The monoisotopic (exact) mass is 338 g/mol. The lowest BCUT2D eigenvalue weighted by Crippen LogP contribution is -2.12.